The molecule has 586 valence electrons. The lowest BCUT2D eigenvalue weighted by Crippen LogP contribution is -2.65. The number of alkyl halides is 3. The van der Waals surface area contributed by atoms with E-state index in [1.807, 2.05) is 24.0 Å². The number of carbonyl (C=O) groups is 11. The van der Waals surface area contributed by atoms with Crippen LogP contribution in [0.1, 0.15) is 147 Å². The molecule has 10 atom stereocenters. The van der Waals surface area contributed by atoms with Gasteiger partial charge in [0, 0.05) is 91.5 Å². The van der Waals surface area contributed by atoms with Gasteiger partial charge in [0.05, 0.1) is 37.2 Å². The predicted molar refractivity (Wildman–Crippen MR) is 395 cm³/mol. The van der Waals surface area contributed by atoms with Gasteiger partial charge in [-0.3, -0.25) is 57.6 Å². The van der Waals surface area contributed by atoms with Crippen molar-refractivity contribution in [2.45, 2.75) is 209 Å². The normalized spacial score (nSPS) is 26.2. The van der Waals surface area contributed by atoms with Crippen molar-refractivity contribution in [1.82, 2.24) is 60.0 Å². The molecule has 3 aliphatic heterocycles. The second-order valence-electron chi connectivity index (χ2n) is 29.4. The van der Waals surface area contributed by atoms with Crippen molar-refractivity contribution < 1.29 is 79.4 Å². The summed E-state index contributed by atoms with van der Waals surface area (Å²) in [5.74, 6) is -12.1. The van der Waals surface area contributed by atoms with Crippen molar-refractivity contribution in [2.75, 3.05) is 95.2 Å². The lowest BCUT2D eigenvalue weighted by atomic mass is 9.75. The first-order valence-electron chi connectivity index (χ1n) is 37.0. The average molecular weight is 1600 g/mol. The van der Waals surface area contributed by atoms with Crippen LogP contribution in [0, 0.1) is 27.0 Å². The molecule has 0 unspecified atom stereocenters. The number of allylic oxidation sites excluding steroid dienone is 1. The second kappa shape index (κ2) is 38.5. The summed E-state index contributed by atoms with van der Waals surface area (Å²) in [6.07, 6.45) is 3.40. The highest BCUT2D eigenvalue weighted by Gasteiger charge is 2.50. The van der Waals surface area contributed by atoms with Crippen LogP contribution in [0.2, 0.25) is 0 Å². The maximum Gasteiger partial charge on any atom is 0.422 e. The van der Waals surface area contributed by atoms with E-state index in [0.717, 1.165) is 26.2 Å². The zero-order valence-corrected chi connectivity index (χ0v) is 65.3. The monoisotopic (exact) mass is 1600 g/mol. The maximum absolute atomic E-state index is 15.6. The van der Waals surface area contributed by atoms with Gasteiger partial charge in [-0.2, -0.15) is 13.2 Å². The number of carbonyl (C=O) groups excluding carboxylic acids is 11. The maximum atomic E-state index is 15.6. The van der Waals surface area contributed by atoms with Crippen molar-refractivity contribution in [2.24, 2.45) is 11.8 Å². The van der Waals surface area contributed by atoms with Gasteiger partial charge in [0.2, 0.25) is 65.0 Å². The number of aryl methyl sites for hydroxylation is 1. The third-order valence-corrected chi connectivity index (χ3v) is 22.7. The van der Waals surface area contributed by atoms with E-state index in [1.54, 1.807) is 65.2 Å². The van der Waals surface area contributed by atoms with Crippen LogP contribution in [0.15, 0.2) is 61.2 Å². The van der Waals surface area contributed by atoms with E-state index < -0.39 is 187 Å². The van der Waals surface area contributed by atoms with Gasteiger partial charge < -0.3 is 59.9 Å². The zero-order valence-electron chi connectivity index (χ0n) is 63.1. The Hall–Kier alpha value is -7.61. The van der Waals surface area contributed by atoms with Gasteiger partial charge in [-0.25, -0.2) is 8.78 Å². The number of hydrogen-bond donors (Lipinski definition) is 3. The molecule has 3 N–H and O–H groups in total. The number of rotatable bonds is 16. The summed E-state index contributed by atoms with van der Waals surface area (Å²) in [5.41, 5.74) is -2.80. The predicted octanol–water partition coefficient (Wildman–Crippen LogP) is 6.50. The summed E-state index contributed by atoms with van der Waals surface area (Å²) in [7, 11) is 10.3. The fraction of sp³-hybridized carbons (Fsp3) is 0.645. The SMILES string of the molecule is C=CCCC[C@H]1C(=O)N[C@@H]([C@@H](C)CC)C(=O)N(C)CC(=O)N(C)[C@H]2C/C=C\CCN(C2=O)[C@@H](Cc2ccc(I)cc2)C(=O)N(C)CC(=O)N[C@@H](CCc2cc(F)c(C(F)(F)F)c(F)c2)C(=O)N2C[C@H](OCC)C[C@H]2C(=O)NC2(CCC2)CN(C)[C@@H](C2CCCC2)C(=O)N(C)[C@H](C(=O)N(C)CC)CC(=O)N1C. The molecule has 4 fully saturated rings. The summed E-state index contributed by atoms with van der Waals surface area (Å²) in [4.78, 5) is 178. The number of fused-ring (bicyclic) bond motifs is 3. The topological polar surface area (TPSA) is 262 Å². The average Bonchev–Trinajstić information content (AvgIpc) is 1.09. The van der Waals surface area contributed by atoms with E-state index in [1.165, 1.54) is 64.6 Å². The second-order valence-corrected chi connectivity index (χ2v) is 30.6. The molecule has 7 rings (SSSR count). The van der Waals surface area contributed by atoms with Crippen molar-refractivity contribution >= 4 is 87.6 Å². The first kappa shape index (κ1) is 85.6. The molecule has 1 spiro atoms. The molecule has 5 aliphatic rings. The van der Waals surface area contributed by atoms with Gasteiger partial charge in [0.25, 0.3) is 0 Å². The van der Waals surface area contributed by atoms with Crippen LogP contribution in [0.4, 0.5) is 22.0 Å². The highest BCUT2D eigenvalue weighted by Crippen LogP contribution is 2.39. The third-order valence-electron chi connectivity index (χ3n) is 22.0. The molecular weight excluding hydrogens is 1490 g/mol. The Morgan fingerprint density at radius 2 is 1.41 bits per heavy atom. The number of nitrogens with one attached hydrogen (secondary N) is 3. The third kappa shape index (κ3) is 21.4. The number of hydrogen-bond acceptors (Lipinski definition) is 13. The molecule has 0 radical (unpaired) electrons. The lowest BCUT2D eigenvalue weighted by molar-refractivity contribution is -0.153. The first-order chi connectivity index (χ1) is 50.1. The highest BCUT2D eigenvalue weighted by atomic mass is 127. The Labute approximate surface area is 633 Å². The summed E-state index contributed by atoms with van der Waals surface area (Å²) in [6, 6.07) is -2.12. The number of ether oxygens (including phenoxy) is 1. The molecule has 0 aromatic heterocycles. The number of unbranched alkanes of at least 4 members (excludes halogenated alkanes) is 1. The Bertz CT molecular complexity index is 3500. The van der Waals surface area contributed by atoms with Gasteiger partial charge in [0.1, 0.15) is 59.5 Å². The summed E-state index contributed by atoms with van der Waals surface area (Å²) in [6.45, 7) is 9.78. The molecule has 11 amide bonds. The summed E-state index contributed by atoms with van der Waals surface area (Å²) < 4.78 is 78.9. The molecule has 3 heterocycles. The molecule has 106 heavy (non-hydrogen) atoms. The fourth-order valence-corrected chi connectivity index (χ4v) is 15.6. The van der Waals surface area contributed by atoms with E-state index in [-0.39, 0.29) is 76.4 Å². The Morgan fingerprint density at radius 1 is 0.755 bits per heavy atom. The van der Waals surface area contributed by atoms with Crippen molar-refractivity contribution in [1.29, 1.82) is 0 Å². The standard InChI is InChI=1S/C76H108F5IN12O12/c1-13-17-19-27-56-67(98)84-65(47(5)14-2)73(104)88(8)45-63(97)91(11)57-28-20-18-23-37-93(72(57)103)60(40-48-29-32-51(82)33-30-48)71(102)87(7)44-61(95)83-55(34-31-49-38-53(77)64(54(78)39-49)76(79,80)81)69(100)94-43-52(106-16-4)41-58(94)68(99)85-75(35-24-36-75)46-89(9)66(50-25-21-22-26-50)74(105)92(12)59(42-62(96)90(56)10)70(101)86(6)15-3/h13,18,20,29-30,32-33,38-39,47,50,52,55-60,65-66H,1,14-17,19,21-28,31,34-37,40-46H2,2-12H3,(H,83,95)(H,84,98)(H,85,99)/b20-18-/t47-,52+,55-,56-,57-,58-,59-,60-,65-,66-/m0/s1. The molecule has 2 aromatic rings. The molecule has 2 saturated heterocycles. The number of halogens is 6. The number of amides is 11. The van der Waals surface area contributed by atoms with Gasteiger partial charge in [-0.05, 0) is 168 Å². The molecule has 30 heteroatoms. The molecule has 2 bridgehead atoms. The minimum absolute atomic E-state index is 0.0228. The lowest BCUT2D eigenvalue weighted by Gasteiger charge is -2.48. The van der Waals surface area contributed by atoms with Crippen LogP contribution < -0.4 is 16.0 Å². The number of likely N-dealkylation sites (N-methyl/N-ethyl adjacent to an activating group) is 7. The van der Waals surface area contributed by atoms with Crippen LogP contribution >= 0.6 is 22.6 Å². The van der Waals surface area contributed by atoms with E-state index in [0.29, 0.717) is 69.1 Å². The van der Waals surface area contributed by atoms with Crippen molar-refractivity contribution in [3.63, 3.8) is 0 Å². The largest absolute Gasteiger partial charge is 0.422 e. The summed E-state index contributed by atoms with van der Waals surface area (Å²) >= 11 is 2.12. The Balaban J connectivity index is 1.33. The fourth-order valence-electron chi connectivity index (χ4n) is 15.2. The van der Waals surface area contributed by atoms with E-state index >= 15 is 37.5 Å². The van der Waals surface area contributed by atoms with Crippen LogP contribution in [-0.2, 0) is 76.5 Å². The Kier molecular flexibility index (Phi) is 31.1. The van der Waals surface area contributed by atoms with Crippen LogP contribution in [0.3, 0.4) is 0 Å². The first-order valence-corrected chi connectivity index (χ1v) is 38.1. The van der Waals surface area contributed by atoms with Crippen molar-refractivity contribution in [3.8, 4) is 0 Å². The van der Waals surface area contributed by atoms with Gasteiger partial charge >= 0.3 is 6.18 Å². The van der Waals surface area contributed by atoms with Crippen LogP contribution in [0.25, 0.3) is 0 Å². The zero-order chi connectivity index (χ0) is 78.2. The van der Waals surface area contributed by atoms with Crippen LogP contribution in [-0.4, -0.2) is 264 Å². The summed E-state index contributed by atoms with van der Waals surface area (Å²) in [5, 5.41) is 8.84. The highest BCUT2D eigenvalue weighted by molar-refractivity contribution is 14.1. The van der Waals surface area contributed by atoms with Gasteiger partial charge in [-0.1, -0.05) is 63.5 Å². The quantitative estimate of drug-likeness (QED) is 0.0703. The van der Waals surface area contributed by atoms with Crippen LogP contribution in [0.5, 0.6) is 0 Å². The number of nitrogens with zero attached hydrogens (tertiary/aromatic N) is 9. The molecule has 2 aromatic carbocycles. The van der Waals surface area contributed by atoms with Gasteiger partial charge in [-0.15, -0.1) is 6.58 Å². The van der Waals surface area contributed by atoms with E-state index in [2.05, 4.69) is 45.1 Å². The minimum Gasteiger partial charge on any atom is -0.377 e. The minimum atomic E-state index is -5.39. The molecule has 2 saturated carbocycles. The van der Waals surface area contributed by atoms with Gasteiger partial charge in [0.15, 0.2) is 0 Å². The van der Waals surface area contributed by atoms with Crippen molar-refractivity contribution in [3.05, 3.63) is 93.1 Å². The number of benzene rings is 2. The van der Waals surface area contributed by atoms with E-state index in [4.69, 9.17) is 4.74 Å². The Morgan fingerprint density at radius 3 is 2.00 bits per heavy atom. The molecule has 24 nitrogen and oxygen atoms in total. The molecule has 2 aliphatic carbocycles. The smallest absolute Gasteiger partial charge is 0.377 e. The molecular formula is C76H108F5IN12O12. The van der Waals surface area contributed by atoms with E-state index in [9.17, 15) is 37.1 Å².